The number of hydrogen-bond donors (Lipinski definition) is 2. The molecule has 0 aliphatic carbocycles. The number of nitrogens with one attached hydrogen (secondary N) is 1. The van der Waals surface area contributed by atoms with E-state index in [0.29, 0.717) is 47.4 Å². The van der Waals surface area contributed by atoms with Gasteiger partial charge < -0.3 is 14.8 Å². The highest BCUT2D eigenvalue weighted by Crippen LogP contribution is 2.27. The first-order valence-electron chi connectivity index (χ1n) is 8.13. The van der Waals surface area contributed by atoms with Crippen molar-refractivity contribution in [3.05, 3.63) is 75.1 Å². The molecule has 0 spiro atoms. The van der Waals surface area contributed by atoms with Crippen LogP contribution in [-0.2, 0) is 19.5 Å². The van der Waals surface area contributed by atoms with E-state index in [2.05, 4.69) is 5.32 Å². The second-order valence-corrected chi connectivity index (χ2v) is 5.85. The molecule has 0 unspecified atom stereocenters. The summed E-state index contributed by atoms with van der Waals surface area (Å²) in [7, 11) is 0. The van der Waals surface area contributed by atoms with E-state index in [1.165, 1.54) is 0 Å². The molecule has 0 radical (unpaired) electrons. The van der Waals surface area contributed by atoms with Gasteiger partial charge in [-0.05, 0) is 31.0 Å². The second-order valence-electron chi connectivity index (χ2n) is 5.85. The lowest BCUT2D eigenvalue weighted by Crippen LogP contribution is -2.15. The van der Waals surface area contributed by atoms with Crippen molar-refractivity contribution in [2.45, 2.75) is 33.4 Å². The highest BCUT2D eigenvalue weighted by molar-refractivity contribution is 5.82. The third-order valence-electron chi connectivity index (χ3n) is 4.26. The van der Waals surface area contributed by atoms with Gasteiger partial charge in [-0.3, -0.25) is 4.79 Å². The van der Waals surface area contributed by atoms with Crippen molar-refractivity contribution in [1.82, 2.24) is 5.32 Å². The van der Waals surface area contributed by atoms with E-state index in [-0.39, 0.29) is 11.2 Å². The van der Waals surface area contributed by atoms with Gasteiger partial charge in [-0.15, -0.1) is 0 Å². The lowest BCUT2D eigenvalue weighted by Gasteiger charge is -2.11. The molecule has 2 N–H and O–H groups in total. The van der Waals surface area contributed by atoms with Gasteiger partial charge in [0.25, 0.3) is 0 Å². The molecule has 3 rings (SSSR count). The first-order chi connectivity index (χ1) is 11.6. The Morgan fingerprint density at radius 3 is 2.50 bits per heavy atom. The Balaban J connectivity index is 1.95. The van der Waals surface area contributed by atoms with Crippen molar-refractivity contribution in [2.75, 3.05) is 0 Å². The van der Waals surface area contributed by atoms with Gasteiger partial charge in [0.15, 0.2) is 5.43 Å². The molecule has 4 nitrogen and oxygen atoms in total. The van der Waals surface area contributed by atoms with Gasteiger partial charge >= 0.3 is 0 Å². The molecule has 4 heteroatoms. The molecule has 0 atom stereocenters. The summed E-state index contributed by atoms with van der Waals surface area (Å²) in [6.45, 7) is 4.83. The summed E-state index contributed by atoms with van der Waals surface area (Å²) in [5.74, 6) is 0.750. The molecule has 1 heterocycles. The van der Waals surface area contributed by atoms with Gasteiger partial charge in [-0.25, -0.2) is 0 Å². The molecule has 0 bridgehead atoms. The predicted molar refractivity (Wildman–Crippen MR) is 95.2 cm³/mol. The largest absolute Gasteiger partial charge is 0.507 e. The van der Waals surface area contributed by atoms with Crippen LogP contribution in [0.4, 0.5) is 0 Å². The molecule has 0 saturated heterocycles. The molecule has 2 aromatic carbocycles. The fourth-order valence-corrected chi connectivity index (χ4v) is 2.96. The molecule has 0 aliphatic heterocycles. The summed E-state index contributed by atoms with van der Waals surface area (Å²) in [5.41, 5.74) is 2.92. The van der Waals surface area contributed by atoms with Crippen molar-refractivity contribution < 1.29 is 9.52 Å². The van der Waals surface area contributed by atoms with E-state index in [1.807, 2.05) is 37.3 Å². The van der Waals surface area contributed by atoms with Crippen LogP contribution < -0.4 is 10.7 Å². The van der Waals surface area contributed by atoms with Crippen LogP contribution in [0.25, 0.3) is 11.0 Å². The average Bonchev–Trinajstić information content (AvgIpc) is 2.58. The van der Waals surface area contributed by atoms with E-state index in [1.54, 1.807) is 19.1 Å². The van der Waals surface area contributed by atoms with Crippen LogP contribution >= 0.6 is 0 Å². The number of rotatable bonds is 5. The molecule has 0 saturated carbocycles. The zero-order valence-corrected chi connectivity index (χ0v) is 13.9. The van der Waals surface area contributed by atoms with Crippen LogP contribution in [0.1, 0.15) is 29.4 Å². The van der Waals surface area contributed by atoms with E-state index < -0.39 is 0 Å². The summed E-state index contributed by atoms with van der Waals surface area (Å²) in [4.78, 5) is 12.6. The quantitative estimate of drug-likeness (QED) is 0.752. The Bertz CT molecular complexity index is 914. The minimum absolute atomic E-state index is 0.0134. The highest BCUT2D eigenvalue weighted by Gasteiger charge is 2.15. The topological polar surface area (TPSA) is 62.5 Å². The van der Waals surface area contributed by atoms with Crippen molar-refractivity contribution in [1.29, 1.82) is 0 Å². The van der Waals surface area contributed by atoms with Gasteiger partial charge in [0, 0.05) is 18.7 Å². The fourth-order valence-electron chi connectivity index (χ4n) is 2.96. The Hall–Kier alpha value is -2.59. The van der Waals surface area contributed by atoms with Crippen LogP contribution in [0, 0.1) is 6.92 Å². The van der Waals surface area contributed by atoms with Crippen molar-refractivity contribution in [3.8, 4) is 5.75 Å². The number of aryl methyl sites for hydroxylation is 1. The van der Waals surface area contributed by atoms with Crippen LogP contribution in [0.2, 0.25) is 0 Å². The average molecular weight is 323 g/mol. The second kappa shape index (κ2) is 6.89. The summed E-state index contributed by atoms with van der Waals surface area (Å²) in [5, 5.41) is 14.0. The van der Waals surface area contributed by atoms with Gasteiger partial charge in [0.1, 0.15) is 17.1 Å². The van der Waals surface area contributed by atoms with E-state index in [4.69, 9.17) is 4.42 Å². The number of aromatic hydroxyl groups is 1. The van der Waals surface area contributed by atoms with Crippen LogP contribution in [0.5, 0.6) is 5.75 Å². The van der Waals surface area contributed by atoms with Crippen LogP contribution in [-0.4, -0.2) is 5.11 Å². The Morgan fingerprint density at radius 1 is 1.04 bits per heavy atom. The van der Waals surface area contributed by atoms with Gasteiger partial charge in [0.05, 0.1) is 10.9 Å². The highest BCUT2D eigenvalue weighted by atomic mass is 16.3. The Labute approximate surface area is 140 Å². The number of phenolic OH excluding ortho intramolecular Hbond substituents is 1. The fraction of sp³-hybridized carbons (Fsp3) is 0.250. The standard InChI is InChI=1S/C20H21NO3/c1-3-15-13(2)24-20-16(19(15)23)9-10-18(22)17(20)12-21-11-14-7-5-4-6-8-14/h4-10,21-22H,3,11-12H2,1-2H3. The molecule has 0 fully saturated rings. The maximum atomic E-state index is 12.6. The minimum atomic E-state index is -0.0134. The van der Waals surface area contributed by atoms with E-state index >= 15 is 0 Å². The van der Waals surface area contributed by atoms with Gasteiger partial charge in [-0.2, -0.15) is 0 Å². The van der Waals surface area contributed by atoms with E-state index in [0.717, 1.165) is 5.56 Å². The molecule has 24 heavy (non-hydrogen) atoms. The van der Waals surface area contributed by atoms with Crippen molar-refractivity contribution >= 4 is 11.0 Å². The van der Waals surface area contributed by atoms with Crippen LogP contribution in [0.15, 0.2) is 51.7 Å². The predicted octanol–water partition coefficient (Wildman–Crippen LogP) is 3.66. The number of phenols is 1. The Kier molecular flexibility index (Phi) is 4.67. The lowest BCUT2D eigenvalue weighted by molar-refractivity contribution is 0.460. The molecule has 124 valence electrons. The summed E-state index contributed by atoms with van der Waals surface area (Å²) < 4.78 is 5.88. The number of benzene rings is 2. The summed E-state index contributed by atoms with van der Waals surface area (Å²) >= 11 is 0. The molecule has 1 aromatic heterocycles. The molecular weight excluding hydrogens is 302 g/mol. The maximum absolute atomic E-state index is 12.6. The van der Waals surface area contributed by atoms with Gasteiger partial charge in [-0.1, -0.05) is 37.3 Å². The SMILES string of the molecule is CCc1c(C)oc2c(CNCc3ccccc3)c(O)ccc2c1=O. The minimum Gasteiger partial charge on any atom is -0.507 e. The first-order valence-corrected chi connectivity index (χ1v) is 8.13. The smallest absolute Gasteiger partial charge is 0.196 e. The molecule has 3 aromatic rings. The normalized spacial score (nSPS) is 11.1. The van der Waals surface area contributed by atoms with E-state index in [9.17, 15) is 9.90 Å². The van der Waals surface area contributed by atoms with Crippen LogP contribution in [0.3, 0.4) is 0 Å². The maximum Gasteiger partial charge on any atom is 0.196 e. The monoisotopic (exact) mass is 323 g/mol. The Morgan fingerprint density at radius 2 is 1.79 bits per heavy atom. The first kappa shape index (κ1) is 16.3. The van der Waals surface area contributed by atoms with Gasteiger partial charge in [0.2, 0.25) is 0 Å². The van der Waals surface area contributed by atoms with Crippen molar-refractivity contribution in [2.24, 2.45) is 0 Å². The zero-order chi connectivity index (χ0) is 17.1. The molecule has 0 amide bonds. The zero-order valence-electron chi connectivity index (χ0n) is 13.9. The molecule has 0 aliphatic rings. The van der Waals surface area contributed by atoms with Crippen molar-refractivity contribution in [3.63, 3.8) is 0 Å². The molecular formula is C20H21NO3. The summed E-state index contributed by atoms with van der Waals surface area (Å²) in [6.07, 6.45) is 0.632. The summed E-state index contributed by atoms with van der Waals surface area (Å²) in [6, 6.07) is 13.2. The third kappa shape index (κ3) is 3.05. The third-order valence-corrected chi connectivity index (χ3v) is 4.26. The lowest BCUT2D eigenvalue weighted by atomic mass is 10.0. The number of fused-ring (bicyclic) bond motifs is 1. The number of hydrogen-bond acceptors (Lipinski definition) is 4.